The molecule has 1 heterocycles. The van der Waals surface area contributed by atoms with Crippen molar-refractivity contribution in [3.8, 4) is 12.1 Å². The lowest BCUT2D eigenvalue weighted by Crippen LogP contribution is -2.15. The molecule has 0 radical (unpaired) electrons. The number of nitrogens with zero attached hydrogens (tertiary/aromatic N) is 3. The van der Waals surface area contributed by atoms with Crippen molar-refractivity contribution in [2.24, 2.45) is 5.92 Å². The molecule has 108 valence electrons. The third kappa shape index (κ3) is 3.69. The molecule has 0 fully saturated rings. The Kier molecular flexibility index (Phi) is 5.25. The summed E-state index contributed by atoms with van der Waals surface area (Å²) in [6, 6.07) is 15.8. The number of halogens is 1. The van der Waals surface area contributed by atoms with Crippen molar-refractivity contribution in [1.29, 1.82) is 10.5 Å². The van der Waals surface area contributed by atoms with Crippen LogP contribution in [0.5, 0.6) is 0 Å². The number of rotatable bonds is 5. The molecule has 0 saturated carbocycles. The Morgan fingerprint density at radius 3 is 2.36 bits per heavy atom. The van der Waals surface area contributed by atoms with Gasteiger partial charge >= 0.3 is 0 Å². The minimum Gasteiger partial charge on any atom is -0.292 e. The summed E-state index contributed by atoms with van der Waals surface area (Å²) in [6.07, 6.45) is 1.58. The molecule has 4 nitrogen and oxygen atoms in total. The van der Waals surface area contributed by atoms with Crippen LogP contribution in [-0.2, 0) is 0 Å². The van der Waals surface area contributed by atoms with Gasteiger partial charge in [-0.3, -0.25) is 9.78 Å². The van der Waals surface area contributed by atoms with E-state index in [0.717, 1.165) is 5.56 Å². The fourth-order valence-corrected chi connectivity index (χ4v) is 2.30. The average molecular weight is 310 g/mol. The minimum absolute atomic E-state index is 0.0461. The van der Waals surface area contributed by atoms with E-state index in [0.29, 0.717) is 10.7 Å². The molecule has 0 spiro atoms. The van der Waals surface area contributed by atoms with Gasteiger partial charge in [-0.15, -0.1) is 0 Å². The highest BCUT2D eigenvalue weighted by Gasteiger charge is 2.26. The molecule has 0 aliphatic carbocycles. The van der Waals surface area contributed by atoms with E-state index in [9.17, 15) is 15.3 Å². The molecule has 5 heteroatoms. The Morgan fingerprint density at radius 1 is 1.14 bits per heavy atom. The molecule has 0 amide bonds. The summed E-state index contributed by atoms with van der Waals surface area (Å²) in [5.74, 6) is -1.62. The molecule has 0 saturated heterocycles. The number of pyridine rings is 1. The average Bonchev–Trinajstić information content (AvgIpc) is 2.56. The lowest BCUT2D eigenvalue weighted by atomic mass is 9.83. The maximum atomic E-state index is 12.3. The topological polar surface area (TPSA) is 77.5 Å². The van der Waals surface area contributed by atoms with Gasteiger partial charge in [0.05, 0.1) is 12.1 Å². The first-order valence-electron chi connectivity index (χ1n) is 6.64. The van der Waals surface area contributed by atoms with Crippen molar-refractivity contribution >= 4 is 17.4 Å². The van der Waals surface area contributed by atoms with Crippen LogP contribution in [0, 0.1) is 28.6 Å². The zero-order chi connectivity index (χ0) is 15.9. The van der Waals surface area contributed by atoms with Gasteiger partial charge in [0.1, 0.15) is 11.6 Å². The van der Waals surface area contributed by atoms with Gasteiger partial charge < -0.3 is 0 Å². The summed E-state index contributed by atoms with van der Waals surface area (Å²) < 4.78 is 0. The molecular weight excluding hydrogens is 298 g/mol. The zero-order valence-corrected chi connectivity index (χ0v) is 12.4. The van der Waals surface area contributed by atoms with Crippen molar-refractivity contribution < 1.29 is 4.79 Å². The third-order valence-corrected chi connectivity index (χ3v) is 3.59. The third-order valence-electron chi connectivity index (χ3n) is 3.33. The standard InChI is InChI=1S/C17H12ClN3O/c18-14-6-4-12(5-7-14)15(13(10-19)11-20)9-17(22)16-3-1-2-8-21-16/h1-8,13,15H,9H2/t15-/m1/s1. The van der Waals surface area contributed by atoms with E-state index < -0.39 is 11.8 Å². The Morgan fingerprint density at radius 2 is 1.82 bits per heavy atom. The van der Waals surface area contributed by atoms with Crippen molar-refractivity contribution in [3.63, 3.8) is 0 Å². The van der Waals surface area contributed by atoms with E-state index in [1.54, 1.807) is 42.5 Å². The van der Waals surface area contributed by atoms with Crippen molar-refractivity contribution in [2.75, 3.05) is 0 Å². The molecule has 0 N–H and O–H groups in total. The first-order chi connectivity index (χ1) is 10.7. The van der Waals surface area contributed by atoms with Crippen LogP contribution in [0.3, 0.4) is 0 Å². The SMILES string of the molecule is N#CC(C#N)[C@H](CC(=O)c1ccccn1)c1ccc(Cl)cc1. The predicted octanol–water partition coefficient (Wildman–Crippen LogP) is 3.75. The summed E-state index contributed by atoms with van der Waals surface area (Å²) >= 11 is 5.86. The molecule has 0 bridgehead atoms. The van der Waals surface area contributed by atoms with Gasteiger partial charge in [0.25, 0.3) is 0 Å². The monoisotopic (exact) mass is 309 g/mol. The van der Waals surface area contributed by atoms with Crippen molar-refractivity contribution in [1.82, 2.24) is 4.98 Å². The first kappa shape index (κ1) is 15.7. The molecule has 0 aliphatic rings. The van der Waals surface area contributed by atoms with E-state index in [2.05, 4.69) is 4.98 Å². The highest BCUT2D eigenvalue weighted by molar-refractivity contribution is 6.30. The number of hydrogen-bond acceptors (Lipinski definition) is 4. The van der Waals surface area contributed by atoms with E-state index >= 15 is 0 Å². The lowest BCUT2D eigenvalue weighted by molar-refractivity contribution is 0.0966. The van der Waals surface area contributed by atoms with Crippen LogP contribution in [0.4, 0.5) is 0 Å². The Bertz CT molecular complexity index is 715. The molecule has 2 rings (SSSR count). The van der Waals surface area contributed by atoms with Gasteiger partial charge in [0.2, 0.25) is 0 Å². The van der Waals surface area contributed by atoms with Crippen LogP contribution in [-0.4, -0.2) is 10.8 Å². The molecule has 0 unspecified atom stereocenters. The Labute approximate surface area is 133 Å². The Hall–Kier alpha value is -2.69. The lowest BCUT2D eigenvalue weighted by Gasteiger charge is -2.17. The normalized spacial score (nSPS) is 11.5. The molecular formula is C17H12ClN3O. The summed E-state index contributed by atoms with van der Waals surface area (Å²) in [5.41, 5.74) is 1.07. The smallest absolute Gasteiger partial charge is 0.181 e. The fraction of sp³-hybridized carbons (Fsp3) is 0.176. The number of carbonyl (C=O) groups is 1. The van der Waals surface area contributed by atoms with Gasteiger partial charge in [-0.25, -0.2) is 0 Å². The molecule has 2 aromatic rings. The van der Waals surface area contributed by atoms with E-state index in [1.165, 1.54) is 6.20 Å². The summed E-state index contributed by atoms with van der Waals surface area (Å²) in [7, 11) is 0. The molecule has 22 heavy (non-hydrogen) atoms. The quantitative estimate of drug-likeness (QED) is 0.788. The molecule has 1 atom stereocenters. The molecule has 1 aromatic heterocycles. The summed E-state index contributed by atoms with van der Waals surface area (Å²) in [6.45, 7) is 0. The van der Waals surface area contributed by atoms with Crippen molar-refractivity contribution in [2.45, 2.75) is 12.3 Å². The summed E-state index contributed by atoms with van der Waals surface area (Å²) in [5, 5.41) is 18.9. The first-order valence-corrected chi connectivity index (χ1v) is 7.02. The number of benzene rings is 1. The number of ketones is 1. The second-order valence-electron chi connectivity index (χ2n) is 4.74. The minimum atomic E-state index is -0.908. The van der Waals surface area contributed by atoms with Crippen LogP contribution in [0.1, 0.15) is 28.4 Å². The highest BCUT2D eigenvalue weighted by Crippen LogP contribution is 2.30. The van der Waals surface area contributed by atoms with Gasteiger partial charge in [-0.05, 0) is 29.8 Å². The second-order valence-corrected chi connectivity index (χ2v) is 5.17. The maximum absolute atomic E-state index is 12.3. The van der Waals surface area contributed by atoms with Gasteiger partial charge in [-0.1, -0.05) is 29.8 Å². The van der Waals surface area contributed by atoms with Crippen LogP contribution in [0.15, 0.2) is 48.7 Å². The highest BCUT2D eigenvalue weighted by atomic mass is 35.5. The number of aromatic nitrogens is 1. The maximum Gasteiger partial charge on any atom is 0.181 e. The van der Waals surface area contributed by atoms with Crippen LogP contribution < -0.4 is 0 Å². The van der Waals surface area contributed by atoms with Crippen molar-refractivity contribution in [3.05, 3.63) is 64.9 Å². The molecule has 0 aliphatic heterocycles. The number of nitriles is 2. The van der Waals surface area contributed by atoms with E-state index in [-0.39, 0.29) is 12.2 Å². The largest absolute Gasteiger partial charge is 0.292 e. The number of Topliss-reactive ketones (excluding diaryl/α,β-unsaturated/α-hetero) is 1. The summed E-state index contributed by atoms with van der Waals surface area (Å²) in [4.78, 5) is 16.3. The second kappa shape index (κ2) is 7.36. The van der Waals surface area contributed by atoms with Crippen LogP contribution in [0.25, 0.3) is 0 Å². The van der Waals surface area contributed by atoms with Gasteiger partial charge in [0, 0.05) is 23.6 Å². The molecule has 1 aromatic carbocycles. The van der Waals surface area contributed by atoms with Gasteiger partial charge in [0.15, 0.2) is 5.78 Å². The number of carbonyl (C=O) groups excluding carboxylic acids is 1. The zero-order valence-electron chi connectivity index (χ0n) is 11.6. The van der Waals surface area contributed by atoms with Gasteiger partial charge in [-0.2, -0.15) is 10.5 Å². The number of hydrogen-bond donors (Lipinski definition) is 0. The van der Waals surface area contributed by atoms with Crippen LogP contribution >= 0.6 is 11.6 Å². The van der Waals surface area contributed by atoms with E-state index in [1.807, 2.05) is 12.1 Å². The van der Waals surface area contributed by atoms with Crippen LogP contribution in [0.2, 0.25) is 5.02 Å². The Balaban J connectivity index is 2.30. The fourth-order valence-electron chi connectivity index (χ4n) is 2.18. The predicted molar refractivity (Wildman–Crippen MR) is 82.1 cm³/mol. The van der Waals surface area contributed by atoms with E-state index in [4.69, 9.17) is 11.6 Å².